The largest absolute Gasteiger partial charge is 0.356 e. The molecule has 0 aliphatic carbocycles. The SMILES string of the molecule is CCNC(=O)CCNC(=O)C(S)Cc1ccccc1. The van der Waals surface area contributed by atoms with E-state index in [2.05, 4.69) is 23.3 Å². The van der Waals surface area contributed by atoms with E-state index in [-0.39, 0.29) is 11.8 Å². The van der Waals surface area contributed by atoms with Crippen LogP contribution in [-0.2, 0) is 16.0 Å². The molecule has 2 amide bonds. The maximum atomic E-state index is 11.8. The fraction of sp³-hybridized carbons (Fsp3) is 0.429. The van der Waals surface area contributed by atoms with Crippen molar-refractivity contribution in [2.45, 2.75) is 25.0 Å². The molecule has 0 saturated carbocycles. The lowest BCUT2D eigenvalue weighted by atomic mass is 10.1. The Balaban J connectivity index is 2.27. The average molecular weight is 280 g/mol. The number of thiol groups is 1. The molecule has 2 N–H and O–H groups in total. The van der Waals surface area contributed by atoms with Gasteiger partial charge in [0.1, 0.15) is 0 Å². The first-order valence-electron chi connectivity index (χ1n) is 6.40. The summed E-state index contributed by atoms with van der Waals surface area (Å²) in [5.74, 6) is -0.196. The lowest BCUT2D eigenvalue weighted by Crippen LogP contribution is -2.35. The Bertz CT molecular complexity index is 409. The molecule has 0 heterocycles. The maximum Gasteiger partial charge on any atom is 0.233 e. The van der Waals surface area contributed by atoms with E-state index in [1.54, 1.807) is 0 Å². The van der Waals surface area contributed by atoms with Crippen molar-refractivity contribution in [3.8, 4) is 0 Å². The Morgan fingerprint density at radius 1 is 1.21 bits per heavy atom. The predicted molar refractivity (Wildman–Crippen MR) is 79.2 cm³/mol. The summed E-state index contributed by atoms with van der Waals surface area (Å²) in [5.41, 5.74) is 1.07. The van der Waals surface area contributed by atoms with Crippen molar-refractivity contribution < 1.29 is 9.59 Å². The van der Waals surface area contributed by atoms with E-state index in [0.717, 1.165) is 5.56 Å². The molecular weight excluding hydrogens is 260 g/mol. The topological polar surface area (TPSA) is 58.2 Å². The highest BCUT2D eigenvalue weighted by Crippen LogP contribution is 2.07. The molecule has 1 atom stereocenters. The molecule has 0 spiro atoms. The van der Waals surface area contributed by atoms with Crippen molar-refractivity contribution >= 4 is 24.4 Å². The van der Waals surface area contributed by atoms with E-state index in [9.17, 15) is 9.59 Å². The number of hydrogen-bond donors (Lipinski definition) is 3. The monoisotopic (exact) mass is 280 g/mol. The predicted octanol–water partition coefficient (Wildman–Crippen LogP) is 1.17. The molecule has 0 aliphatic rings. The second-order valence-corrected chi connectivity index (χ2v) is 4.82. The van der Waals surface area contributed by atoms with Crippen molar-refractivity contribution in [2.75, 3.05) is 13.1 Å². The zero-order valence-corrected chi connectivity index (χ0v) is 12.0. The van der Waals surface area contributed by atoms with Crippen LogP contribution in [0.1, 0.15) is 18.9 Å². The number of rotatable bonds is 7. The number of hydrogen-bond acceptors (Lipinski definition) is 3. The summed E-state index contributed by atoms with van der Waals surface area (Å²) in [7, 11) is 0. The lowest BCUT2D eigenvalue weighted by molar-refractivity contribution is -0.122. The van der Waals surface area contributed by atoms with E-state index < -0.39 is 5.25 Å². The minimum Gasteiger partial charge on any atom is -0.356 e. The van der Waals surface area contributed by atoms with E-state index >= 15 is 0 Å². The Morgan fingerprint density at radius 2 is 1.89 bits per heavy atom. The second-order valence-electron chi connectivity index (χ2n) is 4.20. The normalized spacial score (nSPS) is 11.7. The van der Waals surface area contributed by atoms with Gasteiger partial charge in [-0.15, -0.1) is 0 Å². The van der Waals surface area contributed by atoms with Gasteiger partial charge in [0.2, 0.25) is 11.8 Å². The molecule has 0 radical (unpaired) electrons. The van der Waals surface area contributed by atoms with Gasteiger partial charge in [-0.1, -0.05) is 30.3 Å². The number of nitrogens with one attached hydrogen (secondary N) is 2. The molecule has 0 aliphatic heterocycles. The highest BCUT2D eigenvalue weighted by molar-refractivity contribution is 7.81. The van der Waals surface area contributed by atoms with E-state index in [0.29, 0.717) is 25.9 Å². The standard InChI is InChI=1S/C14H20N2O2S/c1-2-15-13(17)8-9-16-14(18)12(19)10-11-6-4-3-5-7-11/h3-7,12,19H,2,8-10H2,1H3,(H,15,17)(H,16,18). The minimum atomic E-state index is -0.392. The van der Waals surface area contributed by atoms with Crippen LogP contribution in [0, 0.1) is 0 Å². The third-order valence-electron chi connectivity index (χ3n) is 2.60. The van der Waals surface area contributed by atoms with Crippen molar-refractivity contribution in [1.82, 2.24) is 10.6 Å². The van der Waals surface area contributed by atoms with E-state index in [1.807, 2.05) is 37.3 Å². The van der Waals surface area contributed by atoms with Crippen LogP contribution in [0.2, 0.25) is 0 Å². The summed E-state index contributed by atoms with van der Waals surface area (Å²) in [4.78, 5) is 23.0. The molecule has 1 aromatic carbocycles. The van der Waals surface area contributed by atoms with Gasteiger partial charge in [-0.05, 0) is 18.9 Å². The number of carbonyl (C=O) groups excluding carboxylic acids is 2. The number of carbonyl (C=O) groups is 2. The molecule has 0 saturated heterocycles. The summed E-state index contributed by atoms with van der Waals surface area (Å²) in [6.45, 7) is 2.81. The minimum absolute atomic E-state index is 0.0541. The van der Waals surface area contributed by atoms with Crippen LogP contribution >= 0.6 is 12.6 Å². The van der Waals surface area contributed by atoms with Gasteiger partial charge < -0.3 is 10.6 Å². The van der Waals surface area contributed by atoms with Gasteiger partial charge in [-0.25, -0.2) is 0 Å². The molecule has 104 valence electrons. The second kappa shape index (κ2) is 8.58. The molecule has 1 aromatic rings. The summed E-state index contributed by atoms with van der Waals surface area (Å²) in [5, 5.41) is 5.00. The molecule has 0 bridgehead atoms. The van der Waals surface area contributed by atoms with Crippen LogP contribution in [0.25, 0.3) is 0 Å². The quantitative estimate of drug-likeness (QED) is 0.657. The highest BCUT2D eigenvalue weighted by Gasteiger charge is 2.14. The van der Waals surface area contributed by atoms with Crippen LogP contribution in [0.15, 0.2) is 30.3 Å². The van der Waals surface area contributed by atoms with Gasteiger partial charge in [0, 0.05) is 19.5 Å². The van der Waals surface area contributed by atoms with Crippen molar-refractivity contribution in [3.63, 3.8) is 0 Å². The van der Waals surface area contributed by atoms with E-state index in [1.165, 1.54) is 0 Å². The highest BCUT2D eigenvalue weighted by atomic mass is 32.1. The Hall–Kier alpha value is -1.49. The summed E-state index contributed by atoms with van der Waals surface area (Å²) >= 11 is 4.29. The Morgan fingerprint density at radius 3 is 2.53 bits per heavy atom. The molecule has 0 aromatic heterocycles. The lowest BCUT2D eigenvalue weighted by Gasteiger charge is -2.11. The van der Waals surface area contributed by atoms with Crippen molar-refractivity contribution in [3.05, 3.63) is 35.9 Å². The molecule has 4 nitrogen and oxygen atoms in total. The fourth-order valence-electron chi connectivity index (χ4n) is 1.63. The first-order chi connectivity index (χ1) is 9.13. The zero-order valence-electron chi connectivity index (χ0n) is 11.1. The van der Waals surface area contributed by atoms with Crippen LogP contribution in [0.4, 0.5) is 0 Å². The Kier molecular flexibility index (Phi) is 7.03. The zero-order chi connectivity index (χ0) is 14.1. The molecule has 5 heteroatoms. The number of benzene rings is 1. The summed E-state index contributed by atoms with van der Waals surface area (Å²) < 4.78 is 0. The fourth-order valence-corrected chi connectivity index (χ4v) is 1.93. The van der Waals surface area contributed by atoms with Gasteiger partial charge >= 0.3 is 0 Å². The summed E-state index contributed by atoms with van der Waals surface area (Å²) in [6.07, 6.45) is 0.877. The van der Waals surface area contributed by atoms with Gasteiger partial charge in [0.25, 0.3) is 0 Å². The number of amides is 2. The third kappa shape index (κ3) is 6.29. The van der Waals surface area contributed by atoms with Gasteiger partial charge in [-0.2, -0.15) is 12.6 Å². The van der Waals surface area contributed by atoms with Gasteiger partial charge in [-0.3, -0.25) is 9.59 Å². The molecule has 1 rings (SSSR count). The Labute approximate surface area is 119 Å². The van der Waals surface area contributed by atoms with Crippen LogP contribution in [0.3, 0.4) is 0 Å². The molecule has 19 heavy (non-hydrogen) atoms. The molecule has 0 fully saturated rings. The van der Waals surface area contributed by atoms with Crippen LogP contribution in [-0.4, -0.2) is 30.2 Å². The van der Waals surface area contributed by atoms with Gasteiger partial charge in [0.15, 0.2) is 0 Å². The van der Waals surface area contributed by atoms with Crippen molar-refractivity contribution in [1.29, 1.82) is 0 Å². The smallest absolute Gasteiger partial charge is 0.233 e. The van der Waals surface area contributed by atoms with Gasteiger partial charge in [0.05, 0.1) is 5.25 Å². The van der Waals surface area contributed by atoms with E-state index in [4.69, 9.17) is 0 Å². The third-order valence-corrected chi connectivity index (χ3v) is 3.02. The first kappa shape index (κ1) is 15.6. The molecular formula is C14H20N2O2S. The first-order valence-corrected chi connectivity index (χ1v) is 6.91. The summed E-state index contributed by atoms with van der Waals surface area (Å²) in [6, 6.07) is 9.73. The van der Waals surface area contributed by atoms with Crippen LogP contribution < -0.4 is 10.6 Å². The maximum absolute atomic E-state index is 11.8. The van der Waals surface area contributed by atoms with Crippen LogP contribution in [0.5, 0.6) is 0 Å². The van der Waals surface area contributed by atoms with Crippen molar-refractivity contribution in [2.24, 2.45) is 0 Å². The average Bonchev–Trinajstić information content (AvgIpc) is 2.40. The molecule has 1 unspecified atom stereocenters.